The minimum Gasteiger partial charge on any atom is -0.361 e. The van der Waals surface area contributed by atoms with Crippen LogP contribution < -0.4 is 20.9 Å². The molecule has 0 N–H and O–H groups in total. The van der Waals surface area contributed by atoms with Gasteiger partial charge in [-0.15, -0.1) is 0 Å². The minimum atomic E-state index is -1.01. The molecule has 4 aromatic rings. The standard InChI is InChI=1S/C32H14F4N8.Zn/c33-17-9-1-5-13-21(17)29-37-25(13)41-30-22-14(6-2-10-18(22)34)27(38-30)43-32-24-16(8-4-12-20(24)36)28(40-32)44-31-23-15(26(39-31)42-29)7-3-11-19(23)35;/h1-13,24H;/q-4;+2. The van der Waals surface area contributed by atoms with Crippen molar-refractivity contribution < 1.29 is 37.0 Å². The van der Waals surface area contributed by atoms with E-state index in [0.717, 1.165) is 0 Å². The topological polar surface area (TPSA) is 106 Å². The van der Waals surface area contributed by atoms with Gasteiger partial charge in [-0.1, -0.05) is 48.6 Å². The molecule has 3 aliphatic heterocycles. The van der Waals surface area contributed by atoms with E-state index in [9.17, 15) is 0 Å². The molecule has 0 saturated carbocycles. The van der Waals surface area contributed by atoms with Crippen LogP contribution in [-0.4, -0.2) is 11.7 Å². The van der Waals surface area contributed by atoms with Gasteiger partial charge in [0.05, 0.1) is 5.92 Å². The smallest absolute Gasteiger partial charge is 0.361 e. The second-order valence-corrected chi connectivity index (χ2v) is 10.5. The number of halogens is 4. The number of aliphatic imine (C=N–C) groups is 2. The molecule has 2 aliphatic carbocycles. The van der Waals surface area contributed by atoms with Crippen LogP contribution in [0.4, 0.5) is 29.2 Å². The van der Waals surface area contributed by atoms with Crippen LogP contribution in [0.1, 0.15) is 0 Å². The first-order valence-corrected chi connectivity index (χ1v) is 13.5. The third kappa shape index (κ3) is 4.00. The van der Waals surface area contributed by atoms with E-state index in [2.05, 4.69) is 40.6 Å². The number of rotatable bonds is 0. The normalized spacial score (nSPS) is 21.2. The molecule has 0 spiro atoms. The number of benzene rings is 2. The van der Waals surface area contributed by atoms with Gasteiger partial charge in [-0.3, -0.25) is 0 Å². The van der Waals surface area contributed by atoms with E-state index in [0.29, 0.717) is 16.3 Å². The van der Waals surface area contributed by atoms with Gasteiger partial charge in [0.1, 0.15) is 23.3 Å². The van der Waals surface area contributed by atoms with Gasteiger partial charge in [0.2, 0.25) is 0 Å². The zero-order valence-electron chi connectivity index (χ0n) is 22.9. The first kappa shape index (κ1) is 27.4. The Morgan fingerprint density at radius 3 is 2.24 bits per heavy atom. The molecule has 0 radical (unpaired) electrons. The molecule has 2 aromatic carbocycles. The molecule has 8 bridgehead atoms. The maximum atomic E-state index is 15.3. The molecule has 45 heavy (non-hydrogen) atoms. The van der Waals surface area contributed by atoms with E-state index < -0.39 is 35.1 Å². The van der Waals surface area contributed by atoms with Gasteiger partial charge >= 0.3 is 19.5 Å². The summed E-state index contributed by atoms with van der Waals surface area (Å²) in [6, 6.07) is 8.76. The molecule has 0 amide bonds. The summed E-state index contributed by atoms with van der Waals surface area (Å²) in [7, 11) is 0. The predicted octanol–water partition coefficient (Wildman–Crippen LogP) is 6.47. The zero-order valence-corrected chi connectivity index (χ0v) is 25.8. The number of hydrogen-bond acceptors (Lipinski definition) is 4. The number of nitrogens with zero attached hydrogens (tertiary/aromatic N) is 8. The van der Waals surface area contributed by atoms with Crippen molar-refractivity contribution in [3.63, 3.8) is 0 Å². The van der Waals surface area contributed by atoms with Crippen LogP contribution in [0.5, 0.6) is 0 Å². The van der Waals surface area contributed by atoms with Crippen LogP contribution in [-0.2, 0) is 19.5 Å². The summed E-state index contributed by atoms with van der Waals surface area (Å²) in [5.74, 6) is -3.91. The number of hydrogen-bond donors (Lipinski definition) is 0. The van der Waals surface area contributed by atoms with Crippen LogP contribution in [0.2, 0.25) is 0 Å². The molecule has 0 saturated heterocycles. The van der Waals surface area contributed by atoms with E-state index in [1.165, 1.54) is 48.6 Å². The zero-order chi connectivity index (χ0) is 29.7. The number of allylic oxidation sites excluding steroid dienone is 6. The van der Waals surface area contributed by atoms with Crippen LogP contribution in [0.25, 0.3) is 32.2 Å². The van der Waals surface area contributed by atoms with Gasteiger partial charge < -0.3 is 40.6 Å². The molecule has 13 heteroatoms. The van der Waals surface area contributed by atoms with Crippen LogP contribution >= 0.6 is 0 Å². The Bertz CT molecular complexity index is 2400. The maximum Gasteiger partial charge on any atom is 2.00 e. The Balaban J connectivity index is 0.00000300. The monoisotopic (exact) mass is 650 g/mol. The van der Waals surface area contributed by atoms with E-state index in [-0.39, 0.29) is 81.7 Å². The molecule has 0 fully saturated rings. The van der Waals surface area contributed by atoms with E-state index in [1.807, 2.05) is 0 Å². The summed E-state index contributed by atoms with van der Waals surface area (Å²) >= 11 is 0. The number of fused-ring (bicyclic) bond motifs is 18. The summed E-state index contributed by atoms with van der Waals surface area (Å²) < 4.78 is 61.2. The number of aromatic nitrogens is 2. The Kier molecular flexibility index (Phi) is 6.05. The molecule has 5 heterocycles. The second-order valence-electron chi connectivity index (χ2n) is 10.5. The molecule has 2 unspecified atom stereocenters. The Labute approximate surface area is 263 Å². The van der Waals surface area contributed by atoms with Crippen molar-refractivity contribution in [2.24, 2.45) is 31.8 Å². The average molecular weight is 652 g/mol. The van der Waals surface area contributed by atoms with Crippen molar-refractivity contribution in [2.45, 2.75) is 0 Å². The molecule has 2 aromatic heterocycles. The van der Waals surface area contributed by atoms with Gasteiger partial charge in [-0.05, 0) is 46.5 Å². The molecule has 2 atom stereocenters. The first-order valence-electron chi connectivity index (χ1n) is 13.5. The Hall–Kier alpha value is -5.16. The third-order valence-corrected chi connectivity index (χ3v) is 7.95. The summed E-state index contributed by atoms with van der Waals surface area (Å²) in [6.45, 7) is 0. The van der Waals surface area contributed by atoms with Gasteiger partial charge in [0.15, 0.2) is 0 Å². The van der Waals surface area contributed by atoms with Crippen LogP contribution in [0, 0.1) is 23.5 Å². The molecular formula is C32H14F4N8Zn-2. The second kappa shape index (κ2) is 9.93. The summed E-state index contributed by atoms with van der Waals surface area (Å²) in [6.07, 6.45) is 8.94. The largest absolute Gasteiger partial charge is 2.00 e. The maximum absolute atomic E-state index is 15.3. The molecule has 9 rings (SSSR count). The molecule has 5 aliphatic rings. The fourth-order valence-electron chi connectivity index (χ4n) is 5.99. The summed E-state index contributed by atoms with van der Waals surface area (Å²) in [5.41, 5.74) is 0.510. The minimum absolute atomic E-state index is 0. The fourth-order valence-corrected chi connectivity index (χ4v) is 5.99. The Morgan fingerprint density at radius 2 is 1.40 bits per heavy atom. The molecule has 8 nitrogen and oxygen atoms in total. The van der Waals surface area contributed by atoms with Gasteiger partial charge in [0.25, 0.3) is 0 Å². The fraction of sp³-hybridized carbons (Fsp3) is 0.0625. The van der Waals surface area contributed by atoms with Crippen molar-refractivity contribution >= 4 is 44.9 Å². The molecule has 214 valence electrons. The van der Waals surface area contributed by atoms with E-state index >= 15 is 17.6 Å². The van der Waals surface area contributed by atoms with E-state index in [1.54, 1.807) is 24.3 Å². The van der Waals surface area contributed by atoms with Crippen molar-refractivity contribution in [2.75, 3.05) is 0 Å². The van der Waals surface area contributed by atoms with Crippen molar-refractivity contribution in [1.82, 2.24) is 9.97 Å². The van der Waals surface area contributed by atoms with Crippen molar-refractivity contribution in [1.29, 1.82) is 0 Å². The average Bonchev–Trinajstić information content (AvgIpc) is 3.74. The third-order valence-electron chi connectivity index (χ3n) is 7.95. The summed E-state index contributed by atoms with van der Waals surface area (Å²) in [4.78, 5) is 27.3. The van der Waals surface area contributed by atoms with Crippen molar-refractivity contribution in [3.05, 3.63) is 141 Å². The van der Waals surface area contributed by atoms with E-state index in [4.69, 9.17) is 0 Å². The molecular weight excluding hydrogens is 638 g/mol. The SMILES string of the molecule is FC1=CC=CC2C3=Nc4[n-]c(c5cccc(F)c45)N=C4[N-]C(=C5C=CC=C(F)C45)N=c4[n-]c(c5cccc(F)c45)=NC(=C12)[N-]3.[Zn+2]. The Morgan fingerprint density at radius 1 is 0.667 bits per heavy atom. The van der Waals surface area contributed by atoms with Gasteiger partial charge in [0, 0.05) is 62.4 Å². The van der Waals surface area contributed by atoms with Crippen LogP contribution in [0.15, 0.2) is 127 Å². The quantitative estimate of drug-likeness (QED) is 0.161. The first-order chi connectivity index (χ1) is 21.4. The van der Waals surface area contributed by atoms with Crippen molar-refractivity contribution in [3.8, 4) is 0 Å². The van der Waals surface area contributed by atoms with Gasteiger partial charge in [-0.2, -0.15) is 0 Å². The summed E-state index contributed by atoms with van der Waals surface area (Å²) in [5, 5.41) is 9.82. The number of amidine groups is 2. The van der Waals surface area contributed by atoms with Crippen LogP contribution in [0.3, 0.4) is 0 Å². The predicted molar refractivity (Wildman–Crippen MR) is 155 cm³/mol. The van der Waals surface area contributed by atoms with Gasteiger partial charge in [-0.25, -0.2) is 17.6 Å².